The molecule has 2 aromatic heterocycles. The smallest absolute Gasteiger partial charge is 0.263 e. The van der Waals surface area contributed by atoms with Crippen molar-refractivity contribution in [1.29, 1.82) is 0 Å². The highest BCUT2D eigenvalue weighted by molar-refractivity contribution is 7.17. The third-order valence-corrected chi connectivity index (χ3v) is 5.62. The lowest BCUT2D eigenvalue weighted by molar-refractivity contribution is -0.116. The van der Waals surface area contributed by atoms with Gasteiger partial charge >= 0.3 is 0 Å². The number of benzene rings is 2. The van der Waals surface area contributed by atoms with Crippen LogP contribution in [-0.2, 0) is 17.8 Å². The van der Waals surface area contributed by atoms with E-state index in [-0.39, 0.29) is 18.0 Å². The Morgan fingerprint density at radius 1 is 1.10 bits per heavy atom. The van der Waals surface area contributed by atoms with Crippen LogP contribution in [0.25, 0.3) is 21.3 Å². The molecular weight excluding hydrogens is 382 g/mol. The standard InChI is InChI=1S/C23H21N3O2S/c1-2-6-16-9-11-18(12-10-16)25-20(27)13-26-15-24-22-21(23(26)28)19(14-29-22)17-7-4-3-5-8-17/h3-5,7-12,14-15H,2,6,13H2,1H3,(H,25,27). The largest absolute Gasteiger partial charge is 0.325 e. The van der Waals surface area contributed by atoms with Crippen molar-refractivity contribution in [2.45, 2.75) is 26.3 Å². The lowest BCUT2D eigenvalue weighted by Crippen LogP contribution is -2.27. The maximum absolute atomic E-state index is 13.0. The topological polar surface area (TPSA) is 64.0 Å². The minimum Gasteiger partial charge on any atom is -0.325 e. The Bertz CT molecular complexity index is 1190. The zero-order valence-corrected chi connectivity index (χ0v) is 16.9. The minimum absolute atomic E-state index is 0.0808. The second kappa shape index (κ2) is 8.41. The first-order chi connectivity index (χ1) is 14.2. The molecule has 2 aromatic carbocycles. The number of hydrogen-bond donors (Lipinski definition) is 1. The predicted molar refractivity (Wildman–Crippen MR) is 118 cm³/mol. The summed E-state index contributed by atoms with van der Waals surface area (Å²) in [5.41, 5.74) is 3.57. The zero-order valence-electron chi connectivity index (χ0n) is 16.1. The SMILES string of the molecule is CCCc1ccc(NC(=O)Cn2cnc3scc(-c4ccccc4)c3c2=O)cc1. The summed E-state index contributed by atoms with van der Waals surface area (Å²) < 4.78 is 1.36. The Hall–Kier alpha value is -3.25. The van der Waals surface area contributed by atoms with E-state index in [2.05, 4.69) is 17.2 Å². The number of nitrogens with one attached hydrogen (secondary N) is 1. The van der Waals surface area contributed by atoms with Crippen LogP contribution in [0.5, 0.6) is 0 Å². The Morgan fingerprint density at radius 3 is 2.59 bits per heavy atom. The van der Waals surface area contributed by atoms with Crippen LogP contribution in [0.2, 0.25) is 0 Å². The lowest BCUT2D eigenvalue weighted by Gasteiger charge is -2.08. The molecule has 0 aliphatic heterocycles. The second-order valence-electron chi connectivity index (χ2n) is 6.87. The fourth-order valence-corrected chi connectivity index (χ4v) is 4.22. The van der Waals surface area contributed by atoms with Gasteiger partial charge in [-0.05, 0) is 29.7 Å². The summed E-state index contributed by atoms with van der Waals surface area (Å²) >= 11 is 1.43. The van der Waals surface area contributed by atoms with E-state index < -0.39 is 0 Å². The van der Waals surface area contributed by atoms with E-state index in [9.17, 15) is 9.59 Å². The molecule has 1 amide bonds. The molecule has 4 aromatic rings. The van der Waals surface area contributed by atoms with Gasteiger partial charge in [-0.1, -0.05) is 55.8 Å². The van der Waals surface area contributed by atoms with Crippen LogP contribution in [0.3, 0.4) is 0 Å². The molecule has 5 nitrogen and oxygen atoms in total. The Morgan fingerprint density at radius 2 is 1.86 bits per heavy atom. The van der Waals surface area contributed by atoms with Crippen LogP contribution in [-0.4, -0.2) is 15.5 Å². The van der Waals surface area contributed by atoms with Gasteiger partial charge in [-0.3, -0.25) is 14.2 Å². The van der Waals surface area contributed by atoms with Crippen LogP contribution >= 0.6 is 11.3 Å². The monoisotopic (exact) mass is 403 g/mol. The van der Waals surface area contributed by atoms with Gasteiger partial charge < -0.3 is 5.32 Å². The summed E-state index contributed by atoms with van der Waals surface area (Å²) in [6.45, 7) is 2.05. The summed E-state index contributed by atoms with van der Waals surface area (Å²) in [4.78, 5) is 30.6. The molecule has 6 heteroatoms. The summed E-state index contributed by atoms with van der Waals surface area (Å²) in [6.07, 6.45) is 3.54. The van der Waals surface area contributed by atoms with Crippen LogP contribution < -0.4 is 10.9 Å². The van der Waals surface area contributed by atoms with Gasteiger partial charge in [0.25, 0.3) is 5.56 Å². The molecule has 0 aliphatic rings. The molecule has 2 heterocycles. The van der Waals surface area contributed by atoms with Crippen molar-refractivity contribution in [3.05, 3.63) is 82.2 Å². The third kappa shape index (κ3) is 4.12. The number of rotatable bonds is 6. The summed E-state index contributed by atoms with van der Waals surface area (Å²) in [6, 6.07) is 17.5. The van der Waals surface area contributed by atoms with Gasteiger partial charge in [-0.25, -0.2) is 4.98 Å². The fraction of sp³-hybridized carbons (Fsp3) is 0.174. The molecule has 146 valence electrons. The Kier molecular flexibility index (Phi) is 5.53. The van der Waals surface area contributed by atoms with Gasteiger partial charge in [-0.2, -0.15) is 0 Å². The first-order valence-electron chi connectivity index (χ1n) is 9.56. The van der Waals surface area contributed by atoms with Crippen molar-refractivity contribution in [2.24, 2.45) is 0 Å². The average Bonchev–Trinajstić information content (AvgIpc) is 3.17. The molecule has 0 bridgehead atoms. The average molecular weight is 404 g/mol. The van der Waals surface area contributed by atoms with E-state index in [0.717, 1.165) is 29.7 Å². The number of aromatic nitrogens is 2. The van der Waals surface area contributed by atoms with Gasteiger partial charge in [0.15, 0.2) is 0 Å². The summed E-state index contributed by atoms with van der Waals surface area (Å²) in [5, 5.41) is 5.35. The van der Waals surface area contributed by atoms with E-state index in [1.165, 1.54) is 27.8 Å². The van der Waals surface area contributed by atoms with Gasteiger partial charge in [0.2, 0.25) is 5.91 Å². The molecule has 1 N–H and O–H groups in total. The Balaban J connectivity index is 1.57. The summed E-state index contributed by atoms with van der Waals surface area (Å²) in [7, 11) is 0. The van der Waals surface area contributed by atoms with Gasteiger partial charge in [0.05, 0.1) is 11.7 Å². The number of nitrogens with zero attached hydrogens (tertiary/aromatic N) is 2. The van der Waals surface area contributed by atoms with Crippen molar-refractivity contribution in [3.63, 3.8) is 0 Å². The number of carbonyl (C=O) groups excluding carboxylic acids is 1. The maximum atomic E-state index is 13.0. The van der Waals surface area contributed by atoms with Crippen LogP contribution in [0, 0.1) is 0 Å². The van der Waals surface area contributed by atoms with E-state index in [4.69, 9.17) is 0 Å². The molecule has 0 spiro atoms. The number of amides is 1. The number of thiophene rings is 1. The molecule has 4 rings (SSSR count). The van der Waals surface area contributed by atoms with Crippen molar-refractivity contribution in [2.75, 3.05) is 5.32 Å². The molecule has 0 saturated heterocycles. The normalized spacial score (nSPS) is 10.9. The first-order valence-corrected chi connectivity index (χ1v) is 10.4. The quantitative estimate of drug-likeness (QED) is 0.507. The van der Waals surface area contributed by atoms with Crippen molar-refractivity contribution in [1.82, 2.24) is 9.55 Å². The predicted octanol–water partition coefficient (Wildman–Crippen LogP) is 4.72. The Labute approximate surface area is 172 Å². The molecule has 0 fully saturated rings. The molecule has 0 atom stereocenters. The molecule has 0 saturated carbocycles. The molecule has 0 aliphatic carbocycles. The van der Waals surface area contributed by atoms with E-state index in [1.54, 1.807) is 0 Å². The number of carbonyl (C=O) groups is 1. The number of aryl methyl sites for hydroxylation is 1. The van der Waals surface area contributed by atoms with Crippen LogP contribution in [0.15, 0.2) is 71.1 Å². The first kappa shape index (κ1) is 19.1. The number of fused-ring (bicyclic) bond motifs is 1. The molecule has 0 unspecified atom stereocenters. The second-order valence-corrected chi connectivity index (χ2v) is 7.73. The van der Waals surface area contributed by atoms with E-state index in [1.807, 2.05) is 60.0 Å². The van der Waals surface area contributed by atoms with Crippen molar-refractivity contribution < 1.29 is 4.79 Å². The van der Waals surface area contributed by atoms with Gasteiger partial charge in [-0.15, -0.1) is 11.3 Å². The van der Waals surface area contributed by atoms with Crippen LogP contribution in [0.4, 0.5) is 5.69 Å². The van der Waals surface area contributed by atoms with E-state index >= 15 is 0 Å². The van der Waals surface area contributed by atoms with Crippen LogP contribution in [0.1, 0.15) is 18.9 Å². The highest BCUT2D eigenvalue weighted by Gasteiger charge is 2.14. The highest BCUT2D eigenvalue weighted by atomic mass is 32.1. The molecular formula is C23H21N3O2S. The van der Waals surface area contributed by atoms with Gasteiger partial charge in [0, 0.05) is 16.6 Å². The van der Waals surface area contributed by atoms with Gasteiger partial charge in [0.1, 0.15) is 11.4 Å². The minimum atomic E-state index is -0.256. The van der Waals surface area contributed by atoms with Crippen molar-refractivity contribution >= 4 is 33.1 Å². The lowest BCUT2D eigenvalue weighted by atomic mass is 10.1. The number of anilines is 1. The molecule has 29 heavy (non-hydrogen) atoms. The van der Waals surface area contributed by atoms with Crippen molar-refractivity contribution in [3.8, 4) is 11.1 Å². The maximum Gasteiger partial charge on any atom is 0.263 e. The molecule has 0 radical (unpaired) electrons. The third-order valence-electron chi connectivity index (χ3n) is 4.74. The number of hydrogen-bond acceptors (Lipinski definition) is 4. The fourth-order valence-electron chi connectivity index (χ4n) is 3.31. The zero-order chi connectivity index (χ0) is 20.2. The van der Waals surface area contributed by atoms with E-state index in [0.29, 0.717) is 10.2 Å². The summed E-state index contributed by atoms with van der Waals surface area (Å²) in [5.74, 6) is -0.256. The highest BCUT2D eigenvalue weighted by Crippen LogP contribution is 2.30.